The van der Waals surface area contributed by atoms with E-state index in [9.17, 15) is 4.39 Å². The van der Waals surface area contributed by atoms with Gasteiger partial charge in [0.1, 0.15) is 11.9 Å². The lowest BCUT2D eigenvalue weighted by atomic mass is 9.93. The summed E-state index contributed by atoms with van der Waals surface area (Å²) in [5.41, 5.74) is 7.94. The van der Waals surface area contributed by atoms with E-state index in [0.717, 1.165) is 21.3 Å². The van der Waals surface area contributed by atoms with Crippen LogP contribution in [0, 0.1) is 5.82 Å². The molecule has 2 aromatic carbocycles. The zero-order valence-corrected chi connectivity index (χ0v) is 13.1. The summed E-state index contributed by atoms with van der Waals surface area (Å²) in [5, 5.41) is 0. The molecule has 0 aromatic heterocycles. The minimum Gasteiger partial charge on any atom is -0.494 e. The molecule has 0 saturated heterocycles. The van der Waals surface area contributed by atoms with Crippen molar-refractivity contribution in [2.24, 2.45) is 5.73 Å². The van der Waals surface area contributed by atoms with Crippen LogP contribution in [-0.2, 0) is 0 Å². The van der Waals surface area contributed by atoms with Crippen LogP contribution in [0.25, 0.3) is 0 Å². The summed E-state index contributed by atoms with van der Waals surface area (Å²) in [6.07, 6.45) is 0.350. The Morgan fingerprint density at radius 2 is 2.10 bits per heavy atom. The second kappa shape index (κ2) is 5.66. The zero-order valence-electron chi connectivity index (χ0n) is 11.5. The van der Waals surface area contributed by atoms with Crippen molar-refractivity contribution >= 4 is 15.9 Å². The maximum Gasteiger partial charge on any atom is 0.165 e. The van der Waals surface area contributed by atoms with Gasteiger partial charge in [0.2, 0.25) is 0 Å². The lowest BCUT2D eigenvalue weighted by Gasteiger charge is -2.30. The molecule has 0 aliphatic carbocycles. The van der Waals surface area contributed by atoms with Gasteiger partial charge in [0.15, 0.2) is 11.6 Å². The summed E-state index contributed by atoms with van der Waals surface area (Å²) < 4.78 is 25.7. The van der Waals surface area contributed by atoms with Crippen LogP contribution >= 0.6 is 15.9 Å². The maximum absolute atomic E-state index is 13.8. The van der Waals surface area contributed by atoms with Gasteiger partial charge in [-0.2, -0.15) is 0 Å². The highest BCUT2D eigenvalue weighted by molar-refractivity contribution is 9.10. The number of benzene rings is 2. The molecule has 0 fully saturated rings. The van der Waals surface area contributed by atoms with Crippen molar-refractivity contribution in [3.05, 3.63) is 57.8 Å². The van der Waals surface area contributed by atoms with E-state index in [1.807, 2.05) is 24.3 Å². The highest BCUT2D eigenvalue weighted by Crippen LogP contribution is 2.41. The van der Waals surface area contributed by atoms with Crippen molar-refractivity contribution in [3.8, 4) is 11.5 Å². The molecule has 1 aliphatic rings. The Kier molecular flexibility index (Phi) is 3.87. The molecule has 1 unspecified atom stereocenters. The normalized spacial score (nSPS) is 20.6. The van der Waals surface area contributed by atoms with Gasteiger partial charge in [0.05, 0.1) is 7.11 Å². The summed E-state index contributed by atoms with van der Waals surface area (Å²) >= 11 is 3.42. The minimum atomic E-state index is -0.396. The van der Waals surface area contributed by atoms with E-state index in [4.69, 9.17) is 15.2 Å². The molecule has 3 nitrogen and oxygen atoms in total. The van der Waals surface area contributed by atoms with Crippen LogP contribution in [0.5, 0.6) is 11.5 Å². The molecule has 0 saturated carbocycles. The number of hydrogen-bond acceptors (Lipinski definition) is 3. The van der Waals surface area contributed by atoms with E-state index in [-0.39, 0.29) is 17.9 Å². The topological polar surface area (TPSA) is 44.5 Å². The average molecular weight is 352 g/mol. The molecule has 0 spiro atoms. The number of nitrogens with two attached hydrogens (primary N) is 1. The van der Waals surface area contributed by atoms with E-state index < -0.39 is 5.82 Å². The first-order valence-corrected chi connectivity index (χ1v) is 7.43. The van der Waals surface area contributed by atoms with Crippen molar-refractivity contribution in [1.82, 2.24) is 0 Å². The quantitative estimate of drug-likeness (QED) is 0.884. The van der Waals surface area contributed by atoms with Gasteiger partial charge >= 0.3 is 0 Å². The van der Waals surface area contributed by atoms with Gasteiger partial charge < -0.3 is 15.2 Å². The molecule has 0 amide bonds. The van der Waals surface area contributed by atoms with E-state index in [1.54, 1.807) is 6.07 Å². The molecular weight excluding hydrogens is 337 g/mol. The summed E-state index contributed by atoms with van der Waals surface area (Å²) in [6, 6.07) is 10.5. The third-order valence-electron chi connectivity index (χ3n) is 3.66. The predicted octanol–water partition coefficient (Wildman–Crippen LogP) is 4.12. The van der Waals surface area contributed by atoms with Gasteiger partial charge in [-0.3, -0.25) is 0 Å². The average Bonchev–Trinajstić information content (AvgIpc) is 2.46. The predicted molar refractivity (Wildman–Crippen MR) is 82.0 cm³/mol. The largest absolute Gasteiger partial charge is 0.494 e. The van der Waals surface area contributed by atoms with E-state index in [0.29, 0.717) is 6.42 Å². The van der Waals surface area contributed by atoms with Gasteiger partial charge in [-0.15, -0.1) is 0 Å². The van der Waals surface area contributed by atoms with Crippen LogP contribution < -0.4 is 15.2 Å². The first-order chi connectivity index (χ1) is 10.1. The fourth-order valence-corrected chi connectivity index (χ4v) is 2.90. The summed E-state index contributed by atoms with van der Waals surface area (Å²) in [4.78, 5) is 0. The molecule has 110 valence electrons. The summed E-state index contributed by atoms with van der Waals surface area (Å²) in [5.74, 6) is 0.568. The molecule has 0 bridgehead atoms. The third kappa shape index (κ3) is 2.76. The van der Waals surface area contributed by atoms with Crippen LogP contribution in [0.3, 0.4) is 0 Å². The number of methoxy groups -OCH3 is 1. The SMILES string of the molecule is COc1ccc(C2C[C@@H](N)c3ccc(Br)cc3O2)cc1F. The van der Waals surface area contributed by atoms with Crippen molar-refractivity contribution in [3.63, 3.8) is 0 Å². The molecule has 3 rings (SSSR count). The van der Waals surface area contributed by atoms with Crippen molar-refractivity contribution in [2.45, 2.75) is 18.6 Å². The molecule has 2 N–H and O–H groups in total. The van der Waals surface area contributed by atoms with Gasteiger partial charge in [-0.1, -0.05) is 28.1 Å². The number of hydrogen-bond donors (Lipinski definition) is 1. The van der Waals surface area contributed by atoms with Crippen LogP contribution in [0.4, 0.5) is 4.39 Å². The number of halogens is 2. The maximum atomic E-state index is 13.8. The van der Waals surface area contributed by atoms with Crippen LogP contribution in [0.15, 0.2) is 40.9 Å². The van der Waals surface area contributed by atoms with Crippen molar-refractivity contribution in [1.29, 1.82) is 0 Å². The molecule has 21 heavy (non-hydrogen) atoms. The standard InChI is InChI=1S/C16H15BrFNO2/c1-20-14-5-2-9(6-12(14)18)15-8-13(19)11-4-3-10(17)7-16(11)21-15/h2-7,13,15H,8,19H2,1H3/t13-,15?/m1/s1. The fraction of sp³-hybridized carbons (Fsp3) is 0.250. The Morgan fingerprint density at radius 3 is 2.81 bits per heavy atom. The second-order valence-electron chi connectivity index (χ2n) is 5.02. The highest BCUT2D eigenvalue weighted by atomic mass is 79.9. The van der Waals surface area contributed by atoms with E-state index >= 15 is 0 Å². The zero-order chi connectivity index (χ0) is 15.0. The number of ether oxygens (including phenoxy) is 2. The minimum absolute atomic E-state index is 0.128. The smallest absolute Gasteiger partial charge is 0.165 e. The fourth-order valence-electron chi connectivity index (χ4n) is 2.56. The first kappa shape index (κ1) is 14.4. The van der Waals surface area contributed by atoms with Crippen molar-refractivity contribution in [2.75, 3.05) is 7.11 Å². The lowest BCUT2D eigenvalue weighted by Crippen LogP contribution is -2.24. The van der Waals surface area contributed by atoms with Gasteiger partial charge in [0, 0.05) is 22.5 Å². The van der Waals surface area contributed by atoms with Crippen LogP contribution in [0.1, 0.15) is 29.7 Å². The number of fused-ring (bicyclic) bond motifs is 1. The van der Waals surface area contributed by atoms with Gasteiger partial charge in [-0.05, 0) is 29.8 Å². The summed E-state index contributed by atoms with van der Waals surface area (Å²) in [7, 11) is 1.44. The lowest BCUT2D eigenvalue weighted by molar-refractivity contribution is 0.161. The third-order valence-corrected chi connectivity index (χ3v) is 4.15. The molecule has 2 atom stereocenters. The molecule has 1 aliphatic heterocycles. The Labute approximate surface area is 131 Å². The highest BCUT2D eigenvalue weighted by Gasteiger charge is 2.27. The number of rotatable bonds is 2. The molecule has 1 heterocycles. The van der Waals surface area contributed by atoms with E-state index in [2.05, 4.69) is 15.9 Å². The molecular formula is C16H15BrFNO2. The van der Waals surface area contributed by atoms with Crippen molar-refractivity contribution < 1.29 is 13.9 Å². The second-order valence-corrected chi connectivity index (χ2v) is 5.94. The van der Waals surface area contributed by atoms with Gasteiger partial charge in [-0.25, -0.2) is 4.39 Å². The molecule has 2 aromatic rings. The van der Waals surface area contributed by atoms with Crippen LogP contribution in [0.2, 0.25) is 0 Å². The first-order valence-electron chi connectivity index (χ1n) is 6.63. The summed E-state index contributed by atoms with van der Waals surface area (Å²) in [6.45, 7) is 0. The van der Waals surface area contributed by atoms with E-state index in [1.165, 1.54) is 13.2 Å². The Balaban J connectivity index is 1.93. The Bertz CT molecular complexity index is 677. The molecule has 5 heteroatoms. The van der Waals surface area contributed by atoms with Crippen LogP contribution in [-0.4, -0.2) is 7.11 Å². The molecule has 0 radical (unpaired) electrons. The Morgan fingerprint density at radius 1 is 1.29 bits per heavy atom. The van der Waals surface area contributed by atoms with Gasteiger partial charge in [0.25, 0.3) is 0 Å². The monoisotopic (exact) mass is 351 g/mol. The Hall–Kier alpha value is -1.59.